The molecule has 1 atom stereocenters. The van der Waals surface area contributed by atoms with Crippen LogP contribution in [0.15, 0.2) is 18.2 Å². The number of nitro benzene ring substituents is 1. The van der Waals surface area contributed by atoms with Gasteiger partial charge in [-0.2, -0.15) is 0 Å². The molecule has 0 aliphatic heterocycles. The number of nitro groups is 1. The Morgan fingerprint density at radius 1 is 1.45 bits per heavy atom. The molecule has 20 heavy (non-hydrogen) atoms. The fraction of sp³-hybridized carbons (Fsp3) is 0.571. The number of aliphatic hydroxyl groups is 2. The Morgan fingerprint density at radius 2 is 2.10 bits per heavy atom. The molecule has 1 aliphatic carbocycles. The molecule has 1 unspecified atom stereocenters. The molecule has 0 spiro atoms. The third-order valence-electron chi connectivity index (χ3n) is 3.68. The molecular formula is C14H19NO5. The average molecular weight is 281 g/mol. The third kappa shape index (κ3) is 3.26. The Bertz CT molecular complexity index is 494. The first kappa shape index (κ1) is 14.7. The highest BCUT2D eigenvalue weighted by Gasteiger charge is 2.32. The predicted molar refractivity (Wildman–Crippen MR) is 72.6 cm³/mol. The van der Waals surface area contributed by atoms with Crippen LogP contribution in [0.5, 0.6) is 5.75 Å². The van der Waals surface area contributed by atoms with E-state index in [-0.39, 0.29) is 12.3 Å². The highest BCUT2D eigenvalue weighted by atomic mass is 16.6. The quantitative estimate of drug-likeness (QED) is 0.638. The van der Waals surface area contributed by atoms with Crippen molar-refractivity contribution >= 4 is 5.69 Å². The van der Waals surface area contributed by atoms with Crippen molar-refractivity contribution in [3.8, 4) is 5.75 Å². The maximum Gasteiger partial charge on any atom is 0.270 e. The monoisotopic (exact) mass is 281 g/mol. The van der Waals surface area contributed by atoms with Gasteiger partial charge in [0.25, 0.3) is 5.69 Å². The lowest BCUT2D eigenvalue weighted by molar-refractivity contribution is -0.385. The van der Waals surface area contributed by atoms with E-state index in [4.69, 9.17) is 4.74 Å². The lowest BCUT2D eigenvalue weighted by atomic mass is 10.0. The number of rotatable bonds is 5. The molecule has 1 fully saturated rings. The van der Waals surface area contributed by atoms with E-state index in [1.807, 2.05) is 0 Å². The Labute approximate surface area is 117 Å². The Morgan fingerprint density at radius 3 is 2.65 bits per heavy atom. The number of non-ortho nitro benzene ring substituents is 1. The highest BCUT2D eigenvalue weighted by molar-refractivity contribution is 5.44. The van der Waals surface area contributed by atoms with E-state index in [0.29, 0.717) is 24.2 Å². The summed E-state index contributed by atoms with van der Waals surface area (Å²) in [6, 6.07) is 4.11. The highest BCUT2D eigenvalue weighted by Crippen LogP contribution is 2.33. The maximum atomic E-state index is 10.7. The fourth-order valence-electron chi connectivity index (χ4n) is 2.50. The molecule has 1 aromatic carbocycles. The van der Waals surface area contributed by atoms with E-state index in [2.05, 4.69) is 0 Å². The summed E-state index contributed by atoms with van der Waals surface area (Å²) in [5.74, 6) is 0.380. The second-order valence-electron chi connectivity index (χ2n) is 5.38. The average Bonchev–Trinajstić information content (AvgIpc) is 2.83. The van der Waals surface area contributed by atoms with Crippen LogP contribution in [-0.4, -0.2) is 27.3 Å². The zero-order valence-electron chi connectivity index (χ0n) is 11.4. The number of hydrogen-bond acceptors (Lipinski definition) is 5. The molecule has 2 rings (SSSR count). The van der Waals surface area contributed by atoms with E-state index in [1.54, 1.807) is 0 Å². The van der Waals surface area contributed by atoms with Crippen LogP contribution in [0.2, 0.25) is 0 Å². The minimum Gasteiger partial charge on any atom is -0.490 e. The number of nitrogens with zero attached hydrogens (tertiary/aromatic N) is 1. The van der Waals surface area contributed by atoms with Crippen LogP contribution in [-0.2, 0) is 0 Å². The van der Waals surface area contributed by atoms with Crippen molar-refractivity contribution in [2.45, 2.75) is 44.3 Å². The van der Waals surface area contributed by atoms with Crippen molar-refractivity contribution < 1.29 is 19.9 Å². The van der Waals surface area contributed by atoms with E-state index >= 15 is 0 Å². The Hall–Kier alpha value is -1.66. The molecular weight excluding hydrogens is 262 g/mol. The van der Waals surface area contributed by atoms with Crippen molar-refractivity contribution in [3.05, 3.63) is 33.9 Å². The second kappa shape index (κ2) is 5.76. The number of ether oxygens (including phenoxy) is 1. The molecule has 0 amide bonds. The van der Waals surface area contributed by atoms with Gasteiger partial charge in [0.2, 0.25) is 0 Å². The Balaban J connectivity index is 2.16. The summed E-state index contributed by atoms with van der Waals surface area (Å²) in [4.78, 5) is 10.2. The van der Waals surface area contributed by atoms with Gasteiger partial charge in [-0.1, -0.05) is 12.8 Å². The lowest BCUT2D eigenvalue weighted by Gasteiger charge is -2.23. The lowest BCUT2D eigenvalue weighted by Crippen LogP contribution is -2.32. The number of benzene rings is 1. The summed E-state index contributed by atoms with van der Waals surface area (Å²) < 4.78 is 5.59. The normalized spacial score (nSPS) is 18.8. The summed E-state index contributed by atoms with van der Waals surface area (Å²) in [6.07, 6.45) is 2.48. The molecule has 0 aromatic heterocycles. The third-order valence-corrected chi connectivity index (χ3v) is 3.68. The molecule has 110 valence electrons. The zero-order chi connectivity index (χ0) is 14.8. The van der Waals surface area contributed by atoms with Gasteiger partial charge < -0.3 is 14.9 Å². The maximum absolute atomic E-state index is 10.7. The van der Waals surface area contributed by atoms with Gasteiger partial charge in [0.1, 0.15) is 12.4 Å². The van der Waals surface area contributed by atoms with Gasteiger partial charge in [0.05, 0.1) is 16.6 Å². The van der Waals surface area contributed by atoms with Gasteiger partial charge in [-0.3, -0.25) is 10.1 Å². The molecule has 1 saturated carbocycles. The largest absolute Gasteiger partial charge is 0.490 e. The van der Waals surface area contributed by atoms with Crippen molar-refractivity contribution in [1.82, 2.24) is 0 Å². The van der Waals surface area contributed by atoms with E-state index < -0.39 is 16.6 Å². The van der Waals surface area contributed by atoms with Crippen molar-refractivity contribution in [1.29, 1.82) is 0 Å². The zero-order valence-corrected chi connectivity index (χ0v) is 11.4. The van der Waals surface area contributed by atoms with Crippen LogP contribution in [0, 0.1) is 10.1 Å². The van der Waals surface area contributed by atoms with Gasteiger partial charge in [0, 0.05) is 17.7 Å². The molecule has 0 radical (unpaired) electrons. The summed E-state index contributed by atoms with van der Waals surface area (Å²) >= 11 is 0. The first-order valence-corrected chi connectivity index (χ1v) is 6.73. The molecule has 0 bridgehead atoms. The van der Waals surface area contributed by atoms with Crippen LogP contribution in [0.1, 0.15) is 44.3 Å². The second-order valence-corrected chi connectivity index (χ2v) is 5.38. The van der Waals surface area contributed by atoms with E-state index in [0.717, 1.165) is 12.8 Å². The summed E-state index contributed by atoms with van der Waals surface area (Å²) in [6.45, 7) is 1.67. The molecule has 0 saturated heterocycles. The van der Waals surface area contributed by atoms with Crippen molar-refractivity contribution in [3.63, 3.8) is 0 Å². The minimum absolute atomic E-state index is 0.0900. The van der Waals surface area contributed by atoms with E-state index in [9.17, 15) is 20.3 Å². The van der Waals surface area contributed by atoms with Crippen LogP contribution < -0.4 is 4.74 Å². The number of aliphatic hydroxyl groups excluding tert-OH is 1. The summed E-state index contributed by atoms with van der Waals surface area (Å²) in [5.41, 5.74) is -0.550. The van der Waals surface area contributed by atoms with E-state index in [1.165, 1.54) is 25.1 Å². The Kier molecular flexibility index (Phi) is 4.25. The molecule has 2 N–H and O–H groups in total. The topological polar surface area (TPSA) is 92.8 Å². The van der Waals surface area contributed by atoms with Crippen LogP contribution in [0.25, 0.3) is 0 Å². The van der Waals surface area contributed by atoms with Crippen LogP contribution in [0.4, 0.5) is 5.69 Å². The first-order chi connectivity index (χ1) is 9.41. The van der Waals surface area contributed by atoms with Gasteiger partial charge >= 0.3 is 0 Å². The molecule has 6 heteroatoms. The molecule has 0 heterocycles. The van der Waals surface area contributed by atoms with Crippen molar-refractivity contribution in [2.24, 2.45) is 0 Å². The summed E-state index contributed by atoms with van der Waals surface area (Å²) in [5, 5.41) is 30.7. The number of hydrogen-bond donors (Lipinski definition) is 2. The minimum atomic E-state index is -0.872. The van der Waals surface area contributed by atoms with Gasteiger partial charge in [-0.15, -0.1) is 0 Å². The molecule has 1 aromatic rings. The molecule has 6 nitrogen and oxygen atoms in total. The van der Waals surface area contributed by atoms with Crippen LogP contribution >= 0.6 is 0 Å². The van der Waals surface area contributed by atoms with Gasteiger partial charge in [0.15, 0.2) is 0 Å². The predicted octanol–water partition coefficient (Wildman–Crippen LogP) is 2.33. The fourth-order valence-corrected chi connectivity index (χ4v) is 2.50. The summed E-state index contributed by atoms with van der Waals surface area (Å²) in [7, 11) is 0. The first-order valence-electron chi connectivity index (χ1n) is 6.73. The van der Waals surface area contributed by atoms with Crippen molar-refractivity contribution in [2.75, 3.05) is 6.61 Å². The van der Waals surface area contributed by atoms with Gasteiger partial charge in [-0.05, 0) is 25.8 Å². The smallest absolute Gasteiger partial charge is 0.270 e. The van der Waals surface area contributed by atoms with Gasteiger partial charge in [-0.25, -0.2) is 0 Å². The SMILES string of the molecule is CC(O)c1cc([N+](=O)[O-])ccc1OCC1(O)CCCC1. The van der Waals surface area contributed by atoms with Crippen LogP contribution in [0.3, 0.4) is 0 Å². The standard InChI is InChI=1S/C14H19NO5/c1-10(16)12-8-11(15(18)19)4-5-13(12)20-9-14(17)6-2-3-7-14/h4-5,8,10,16-17H,2-3,6-7,9H2,1H3. The molecule has 1 aliphatic rings.